The zero-order valence-corrected chi connectivity index (χ0v) is 18.9. The Balaban J connectivity index is 2.05. The third-order valence-corrected chi connectivity index (χ3v) is 7.62. The summed E-state index contributed by atoms with van der Waals surface area (Å²) in [6, 6.07) is 0. The lowest BCUT2D eigenvalue weighted by molar-refractivity contribution is -0.150. The van der Waals surface area contributed by atoms with Crippen molar-refractivity contribution in [2.75, 3.05) is 45.0 Å². The Morgan fingerprint density at radius 1 is 1.14 bits per heavy atom. The van der Waals surface area contributed by atoms with E-state index in [2.05, 4.69) is 24.1 Å². The summed E-state index contributed by atoms with van der Waals surface area (Å²) in [4.78, 5) is 27.5. The predicted octanol–water partition coefficient (Wildman–Crippen LogP) is 1.28. The Bertz CT molecular complexity index is 733. The third kappa shape index (κ3) is 5.38. The number of hydrogen-bond donors (Lipinski definition) is 1. The fourth-order valence-corrected chi connectivity index (χ4v) is 5.27. The number of nitrogens with one attached hydrogen (secondary N) is 1. The molecular weight excluding hydrogens is 394 g/mol. The van der Waals surface area contributed by atoms with E-state index in [0.29, 0.717) is 30.5 Å². The van der Waals surface area contributed by atoms with Gasteiger partial charge < -0.3 is 15.0 Å². The normalized spacial score (nSPS) is 19.8. The number of carbonyl (C=O) groups excluding carboxylic acids is 2. The van der Waals surface area contributed by atoms with Gasteiger partial charge in [-0.3, -0.25) is 4.79 Å². The second kappa shape index (κ2) is 10.0. The lowest BCUT2D eigenvalue weighted by atomic mass is 9.83. The van der Waals surface area contributed by atoms with Crippen molar-refractivity contribution in [3.63, 3.8) is 0 Å². The smallest absolute Gasteiger partial charge is 0.335 e. The van der Waals surface area contributed by atoms with E-state index in [9.17, 15) is 18.0 Å². The van der Waals surface area contributed by atoms with Gasteiger partial charge in [0.05, 0.1) is 11.3 Å². The maximum absolute atomic E-state index is 13.0. The Morgan fingerprint density at radius 3 is 2.24 bits per heavy atom. The van der Waals surface area contributed by atoms with Crippen LogP contribution in [0.1, 0.15) is 53.4 Å². The average molecular weight is 430 g/mol. The van der Waals surface area contributed by atoms with Crippen LogP contribution in [0.5, 0.6) is 0 Å². The van der Waals surface area contributed by atoms with Crippen LogP contribution < -0.4 is 5.32 Å². The van der Waals surface area contributed by atoms with E-state index in [4.69, 9.17) is 4.74 Å². The molecule has 0 aromatic rings. The van der Waals surface area contributed by atoms with Crippen molar-refractivity contribution in [3.8, 4) is 0 Å². The summed E-state index contributed by atoms with van der Waals surface area (Å²) in [5, 5.41) is 2.94. The highest BCUT2D eigenvalue weighted by molar-refractivity contribution is 7.89. The van der Waals surface area contributed by atoms with Crippen molar-refractivity contribution in [2.45, 2.75) is 59.0 Å². The molecular formula is C20H35N3O5S. The molecule has 2 heterocycles. The van der Waals surface area contributed by atoms with E-state index in [0.717, 1.165) is 32.5 Å². The molecule has 166 valence electrons. The van der Waals surface area contributed by atoms with Crippen molar-refractivity contribution in [3.05, 3.63) is 11.1 Å². The molecule has 1 saturated heterocycles. The molecule has 1 fully saturated rings. The van der Waals surface area contributed by atoms with Crippen LogP contribution in [-0.2, 0) is 24.3 Å². The molecule has 0 aromatic heterocycles. The molecule has 9 heteroatoms. The van der Waals surface area contributed by atoms with Gasteiger partial charge in [-0.15, -0.1) is 0 Å². The molecule has 0 radical (unpaired) electrons. The number of rotatable bonds is 10. The van der Waals surface area contributed by atoms with Gasteiger partial charge in [0.2, 0.25) is 10.0 Å². The molecule has 2 rings (SSSR count). The monoisotopic (exact) mass is 429 g/mol. The molecule has 0 aliphatic carbocycles. The van der Waals surface area contributed by atoms with Crippen LogP contribution in [0.25, 0.3) is 0 Å². The summed E-state index contributed by atoms with van der Waals surface area (Å²) in [5.74, 6) is -0.734. The fraction of sp³-hybridized carbons (Fsp3) is 0.800. The molecule has 1 spiro atoms. The minimum absolute atomic E-state index is 0.0357. The SMILES string of the molecule is CCCN(CCC)CCNC(=O)C1=C(C)C(=O)OC12CCN(S(=O)(=O)CC)CC2. The van der Waals surface area contributed by atoms with Gasteiger partial charge in [-0.1, -0.05) is 13.8 Å². The second-order valence-electron chi connectivity index (χ2n) is 7.78. The number of sulfonamides is 1. The van der Waals surface area contributed by atoms with E-state index in [1.807, 2.05) is 0 Å². The van der Waals surface area contributed by atoms with Crippen molar-refractivity contribution in [1.82, 2.24) is 14.5 Å². The zero-order chi connectivity index (χ0) is 21.7. The maximum atomic E-state index is 13.0. The van der Waals surface area contributed by atoms with Gasteiger partial charge in [0.1, 0.15) is 5.60 Å². The van der Waals surface area contributed by atoms with E-state index in [-0.39, 0.29) is 24.7 Å². The van der Waals surface area contributed by atoms with E-state index >= 15 is 0 Å². The number of ether oxygens (including phenoxy) is 1. The summed E-state index contributed by atoms with van der Waals surface area (Å²) in [6.07, 6.45) is 2.72. The summed E-state index contributed by atoms with van der Waals surface area (Å²) in [6.45, 7) is 11.2. The molecule has 1 amide bonds. The van der Waals surface area contributed by atoms with Crippen LogP contribution >= 0.6 is 0 Å². The topological polar surface area (TPSA) is 96.0 Å². The number of hydrogen-bond acceptors (Lipinski definition) is 6. The summed E-state index contributed by atoms with van der Waals surface area (Å²) in [5.41, 5.74) is -0.320. The number of carbonyl (C=O) groups is 2. The summed E-state index contributed by atoms with van der Waals surface area (Å²) < 4.78 is 31.3. The quantitative estimate of drug-likeness (QED) is 0.526. The molecule has 8 nitrogen and oxygen atoms in total. The van der Waals surface area contributed by atoms with Crippen LogP contribution in [0.15, 0.2) is 11.1 Å². The second-order valence-corrected chi connectivity index (χ2v) is 10.0. The van der Waals surface area contributed by atoms with Gasteiger partial charge in [-0.2, -0.15) is 0 Å². The molecule has 0 aromatic carbocycles. The lowest BCUT2D eigenvalue weighted by Gasteiger charge is -2.38. The van der Waals surface area contributed by atoms with Crippen molar-refractivity contribution in [1.29, 1.82) is 0 Å². The Labute approximate surface area is 174 Å². The first-order valence-electron chi connectivity index (χ1n) is 10.6. The van der Waals surface area contributed by atoms with Gasteiger partial charge in [0.25, 0.3) is 5.91 Å². The maximum Gasteiger partial charge on any atom is 0.335 e. The molecule has 2 aliphatic heterocycles. The molecule has 1 N–H and O–H groups in total. The van der Waals surface area contributed by atoms with Crippen LogP contribution in [0.4, 0.5) is 0 Å². The third-order valence-electron chi connectivity index (χ3n) is 5.73. The van der Waals surface area contributed by atoms with Gasteiger partial charge in [-0.25, -0.2) is 17.5 Å². The fourth-order valence-electron chi connectivity index (χ4n) is 4.17. The number of esters is 1. The highest BCUT2D eigenvalue weighted by Gasteiger charge is 2.51. The molecule has 0 unspecified atom stereocenters. The van der Waals surface area contributed by atoms with Crippen LogP contribution in [-0.4, -0.2) is 80.1 Å². The average Bonchev–Trinajstić information content (AvgIpc) is 2.92. The molecule has 29 heavy (non-hydrogen) atoms. The van der Waals surface area contributed by atoms with Gasteiger partial charge >= 0.3 is 5.97 Å². The molecule has 0 saturated carbocycles. The Morgan fingerprint density at radius 2 is 1.72 bits per heavy atom. The summed E-state index contributed by atoms with van der Waals surface area (Å²) >= 11 is 0. The van der Waals surface area contributed by atoms with Crippen LogP contribution in [0.2, 0.25) is 0 Å². The molecule has 0 bridgehead atoms. The number of nitrogens with zero attached hydrogens (tertiary/aromatic N) is 2. The van der Waals surface area contributed by atoms with E-state index in [1.165, 1.54) is 4.31 Å². The predicted molar refractivity (Wildman–Crippen MR) is 112 cm³/mol. The first-order chi connectivity index (χ1) is 13.7. The lowest BCUT2D eigenvalue weighted by Crippen LogP contribution is -2.50. The first kappa shape index (κ1) is 23.8. The van der Waals surface area contributed by atoms with Gasteiger partial charge in [-0.05, 0) is 39.8 Å². The van der Waals surface area contributed by atoms with E-state index in [1.54, 1.807) is 13.8 Å². The summed E-state index contributed by atoms with van der Waals surface area (Å²) in [7, 11) is -3.30. The van der Waals surface area contributed by atoms with Crippen molar-refractivity contribution >= 4 is 21.9 Å². The van der Waals surface area contributed by atoms with Crippen LogP contribution in [0.3, 0.4) is 0 Å². The van der Waals surface area contributed by atoms with Crippen LogP contribution in [0, 0.1) is 0 Å². The highest BCUT2D eigenvalue weighted by atomic mass is 32.2. The highest BCUT2D eigenvalue weighted by Crippen LogP contribution is 2.41. The standard InChI is InChI=1S/C20H35N3O5S/c1-5-11-22(12-6-2)15-10-21-18(24)17-16(4)19(25)28-20(17)8-13-23(14-9-20)29(26,27)7-3/h5-15H2,1-4H3,(H,21,24). The first-order valence-corrected chi connectivity index (χ1v) is 12.2. The Kier molecular flexibility index (Phi) is 8.25. The van der Waals surface area contributed by atoms with Gasteiger partial charge in [0, 0.05) is 44.6 Å². The zero-order valence-electron chi connectivity index (χ0n) is 18.1. The minimum Gasteiger partial charge on any atom is -0.450 e. The Hall–Kier alpha value is -1.45. The molecule has 2 aliphatic rings. The van der Waals surface area contributed by atoms with Gasteiger partial charge in [0.15, 0.2) is 0 Å². The minimum atomic E-state index is -3.30. The number of amides is 1. The molecule has 0 atom stereocenters. The van der Waals surface area contributed by atoms with Crippen molar-refractivity contribution in [2.24, 2.45) is 0 Å². The largest absolute Gasteiger partial charge is 0.450 e. The van der Waals surface area contributed by atoms with Crippen molar-refractivity contribution < 1.29 is 22.7 Å². The number of piperidine rings is 1. The van der Waals surface area contributed by atoms with E-state index < -0.39 is 21.6 Å².